The summed E-state index contributed by atoms with van der Waals surface area (Å²) in [5.74, 6) is -0.759. The number of likely N-dealkylation sites (N-methyl/N-ethyl adjacent to an activating group) is 1. The molecule has 0 aliphatic rings. The van der Waals surface area contributed by atoms with Gasteiger partial charge < -0.3 is 14.8 Å². The monoisotopic (exact) mass is 378 g/mol. The van der Waals surface area contributed by atoms with E-state index in [0.717, 1.165) is 5.56 Å². The molecule has 0 radical (unpaired) electrons. The standard InChI is InChI=1S/C19H20F2N2O4/c1-23(11-13-7-9-14(10-8-13)27-19(20)21)12-17(24)22-16-6-4-3-5-15(16)18(25)26-2/h3-10,19H,11-12H2,1-2H3,(H,22,24). The van der Waals surface area contributed by atoms with Gasteiger partial charge in [0.15, 0.2) is 0 Å². The molecule has 27 heavy (non-hydrogen) atoms. The van der Waals surface area contributed by atoms with Crippen LogP contribution in [0.3, 0.4) is 0 Å². The normalized spacial score (nSPS) is 10.7. The lowest BCUT2D eigenvalue weighted by Crippen LogP contribution is -2.30. The van der Waals surface area contributed by atoms with Gasteiger partial charge in [-0.25, -0.2) is 4.79 Å². The fourth-order valence-corrected chi connectivity index (χ4v) is 2.46. The summed E-state index contributed by atoms with van der Waals surface area (Å²) >= 11 is 0. The van der Waals surface area contributed by atoms with Gasteiger partial charge in [0.2, 0.25) is 5.91 Å². The molecular weight excluding hydrogens is 358 g/mol. The molecule has 0 heterocycles. The molecule has 0 saturated carbocycles. The number of nitrogens with one attached hydrogen (secondary N) is 1. The largest absolute Gasteiger partial charge is 0.465 e. The molecule has 6 nitrogen and oxygen atoms in total. The molecule has 1 N–H and O–H groups in total. The zero-order valence-corrected chi connectivity index (χ0v) is 14.9. The maximum absolute atomic E-state index is 12.2. The number of hydrogen-bond acceptors (Lipinski definition) is 5. The van der Waals surface area contributed by atoms with Crippen molar-refractivity contribution in [1.82, 2.24) is 4.90 Å². The molecule has 0 aliphatic heterocycles. The number of esters is 1. The van der Waals surface area contributed by atoms with E-state index in [0.29, 0.717) is 12.2 Å². The van der Waals surface area contributed by atoms with E-state index in [-0.39, 0.29) is 23.8 Å². The lowest BCUT2D eigenvalue weighted by molar-refractivity contribution is -0.117. The van der Waals surface area contributed by atoms with Gasteiger partial charge in [-0.2, -0.15) is 8.78 Å². The van der Waals surface area contributed by atoms with Crippen LogP contribution in [-0.4, -0.2) is 44.1 Å². The summed E-state index contributed by atoms with van der Waals surface area (Å²) in [5, 5.41) is 2.69. The minimum Gasteiger partial charge on any atom is -0.465 e. The molecule has 0 spiro atoms. The number of carbonyl (C=O) groups is 2. The number of rotatable bonds is 8. The Kier molecular flexibility index (Phi) is 7.25. The Morgan fingerprint density at radius 1 is 1.11 bits per heavy atom. The minimum atomic E-state index is -2.87. The third-order valence-corrected chi connectivity index (χ3v) is 3.62. The van der Waals surface area contributed by atoms with Crippen LogP contribution in [0.5, 0.6) is 5.75 Å². The van der Waals surface area contributed by atoms with Crippen molar-refractivity contribution >= 4 is 17.6 Å². The van der Waals surface area contributed by atoms with E-state index in [4.69, 9.17) is 4.74 Å². The molecule has 2 aromatic carbocycles. The summed E-state index contributed by atoms with van der Waals surface area (Å²) < 4.78 is 33.3. The first-order valence-electron chi connectivity index (χ1n) is 8.08. The highest BCUT2D eigenvalue weighted by Gasteiger charge is 2.14. The van der Waals surface area contributed by atoms with Crippen LogP contribution in [0.2, 0.25) is 0 Å². The first-order valence-corrected chi connectivity index (χ1v) is 8.08. The van der Waals surface area contributed by atoms with Crippen LogP contribution in [0.4, 0.5) is 14.5 Å². The Bertz CT molecular complexity index is 782. The summed E-state index contributed by atoms with van der Waals surface area (Å²) in [4.78, 5) is 25.7. The number of amides is 1. The molecule has 0 fully saturated rings. The maximum atomic E-state index is 12.2. The van der Waals surface area contributed by atoms with Crippen molar-refractivity contribution in [2.24, 2.45) is 0 Å². The van der Waals surface area contributed by atoms with Crippen LogP contribution >= 0.6 is 0 Å². The Morgan fingerprint density at radius 3 is 2.41 bits per heavy atom. The third kappa shape index (κ3) is 6.34. The van der Waals surface area contributed by atoms with Gasteiger partial charge in [0.1, 0.15) is 5.75 Å². The highest BCUT2D eigenvalue weighted by molar-refractivity contribution is 6.01. The Hall–Kier alpha value is -3.00. The van der Waals surface area contributed by atoms with Gasteiger partial charge in [0, 0.05) is 6.54 Å². The van der Waals surface area contributed by atoms with Gasteiger partial charge >= 0.3 is 12.6 Å². The number of benzene rings is 2. The average molecular weight is 378 g/mol. The van der Waals surface area contributed by atoms with Crippen molar-refractivity contribution in [1.29, 1.82) is 0 Å². The lowest BCUT2D eigenvalue weighted by atomic mass is 10.1. The second-order valence-corrected chi connectivity index (χ2v) is 5.78. The summed E-state index contributed by atoms with van der Waals surface area (Å²) in [6.07, 6.45) is 0. The summed E-state index contributed by atoms with van der Waals surface area (Å²) in [6.45, 7) is -2.36. The average Bonchev–Trinajstić information content (AvgIpc) is 2.62. The summed E-state index contributed by atoms with van der Waals surface area (Å²) in [6, 6.07) is 12.8. The van der Waals surface area contributed by atoms with E-state index in [1.54, 1.807) is 48.3 Å². The van der Waals surface area contributed by atoms with Gasteiger partial charge in [0.05, 0.1) is 24.9 Å². The fourth-order valence-electron chi connectivity index (χ4n) is 2.46. The van der Waals surface area contributed by atoms with Crippen molar-refractivity contribution in [3.05, 3.63) is 59.7 Å². The maximum Gasteiger partial charge on any atom is 0.387 e. The number of halogens is 2. The number of methoxy groups -OCH3 is 1. The van der Waals surface area contributed by atoms with Crippen LogP contribution in [0, 0.1) is 0 Å². The number of nitrogens with zero attached hydrogens (tertiary/aromatic N) is 1. The molecule has 0 atom stereocenters. The lowest BCUT2D eigenvalue weighted by Gasteiger charge is -2.17. The predicted molar refractivity (Wildman–Crippen MR) is 95.8 cm³/mol. The first-order chi connectivity index (χ1) is 12.9. The molecule has 2 rings (SSSR count). The summed E-state index contributed by atoms with van der Waals surface area (Å²) in [7, 11) is 3.02. The van der Waals surface area contributed by atoms with Gasteiger partial charge in [0.25, 0.3) is 0 Å². The summed E-state index contributed by atoms with van der Waals surface area (Å²) in [5.41, 5.74) is 1.48. The number of carbonyl (C=O) groups excluding carboxylic acids is 2. The Balaban J connectivity index is 1.91. The number of alkyl halides is 2. The zero-order chi connectivity index (χ0) is 19.8. The molecular formula is C19H20F2N2O4. The van der Waals surface area contributed by atoms with E-state index in [9.17, 15) is 18.4 Å². The van der Waals surface area contributed by atoms with Crippen LogP contribution in [0.1, 0.15) is 15.9 Å². The van der Waals surface area contributed by atoms with Crippen LogP contribution < -0.4 is 10.1 Å². The molecule has 0 saturated heterocycles. The molecule has 2 aromatic rings. The van der Waals surface area contributed by atoms with Gasteiger partial charge in [-0.05, 0) is 36.9 Å². The number of hydrogen-bond donors (Lipinski definition) is 1. The van der Waals surface area contributed by atoms with Crippen molar-refractivity contribution in [3.8, 4) is 5.75 Å². The SMILES string of the molecule is COC(=O)c1ccccc1NC(=O)CN(C)Cc1ccc(OC(F)F)cc1. The van der Waals surface area contributed by atoms with E-state index >= 15 is 0 Å². The molecule has 0 bridgehead atoms. The number of ether oxygens (including phenoxy) is 2. The molecule has 1 amide bonds. The van der Waals surface area contributed by atoms with Crippen molar-refractivity contribution in [2.45, 2.75) is 13.2 Å². The predicted octanol–water partition coefficient (Wildman–Crippen LogP) is 3.15. The Morgan fingerprint density at radius 2 is 1.78 bits per heavy atom. The smallest absolute Gasteiger partial charge is 0.387 e. The van der Waals surface area contributed by atoms with E-state index < -0.39 is 12.6 Å². The van der Waals surface area contributed by atoms with Gasteiger partial charge in [-0.3, -0.25) is 9.69 Å². The zero-order valence-electron chi connectivity index (χ0n) is 14.9. The highest BCUT2D eigenvalue weighted by Crippen LogP contribution is 2.17. The number of anilines is 1. The molecule has 0 unspecified atom stereocenters. The minimum absolute atomic E-state index is 0.0742. The quantitative estimate of drug-likeness (QED) is 0.715. The second kappa shape index (κ2) is 9.63. The van der Waals surface area contributed by atoms with E-state index in [1.165, 1.54) is 19.2 Å². The Labute approximate surface area is 155 Å². The van der Waals surface area contributed by atoms with Gasteiger partial charge in [-0.15, -0.1) is 0 Å². The molecule has 0 aliphatic carbocycles. The van der Waals surface area contributed by atoms with Crippen molar-refractivity contribution < 1.29 is 27.8 Å². The topological polar surface area (TPSA) is 67.9 Å². The van der Waals surface area contributed by atoms with Crippen LogP contribution in [0.25, 0.3) is 0 Å². The van der Waals surface area contributed by atoms with Crippen molar-refractivity contribution in [2.75, 3.05) is 26.0 Å². The van der Waals surface area contributed by atoms with E-state index in [2.05, 4.69) is 10.1 Å². The number of para-hydroxylation sites is 1. The van der Waals surface area contributed by atoms with Crippen LogP contribution in [-0.2, 0) is 16.1 Å². The molecule has 0 aromatic heterocycles. The van der Waals surface area contributed by atoms with Gasteiger partial charge in [-0.1, -0.05) is 24.3 Å². The van der Waals surface area contributed by atoms with Crippen LogP contribution in [0.15, 0.2) is 48.5 Å². The first kappa shape index (κ1) is 20.3. The van der Waals surface area contributed by atoms with Crippen molar-refractivity contribution in [3.63, 3.8) is 0 Å². The third-order valence-electron chi connectivity index (χ3n) is 3.62. The molecule has 8 heteroatoms. The second-order valence-electron chi connectivity index (χ2n) is 5.78. The fraction of sp³-hybridized carbons (Fsp3) is 0.263. The van der Waals surface area contributed by atoms with E-state index in [1.807, 2.05) is 0 Å². The molecule has 144 valence electrons. The highest BCUT2D eigenvalue weighted by atomic mass is 19.3.